The van der Waals surface area contributed by atoms with Crippen molar-refractivity contribution < 1.29 is 28.4 Å². The number of methoxy groups -OCH3 is 4. The predicted octanol–water partition coefficient (Wildman–Crippen LogP) is 21.5. The van der Waals surface area contributed by atoms with Gasteiger partial charge < -0.3 is 28.4 Å². The zero-order valence-electron chi connectivity index (χ0n) is 59.5. The number of thioether (sulfide) groups is 1. The molecule has 12 bridgehead atoms. The molecular formula is C82H105BrO6S. The van der Waals surface area contributed by atoms with Crippen LogP contribution in [0.25, 0.3) is 0 Å². The van der Waals surface area contributed by atoms with Gasteiger partial charge in [-0.25, -0.2) is 0 Å². The highest BCUT2D eigenvalue weighted by Gasteiger charge is 2.32. The Kier molecular flexibility index (Phi) is 19.2. The van der Waals surface area contributed by atoms with Crippen LogP contribution in [0.1, 0.15) is 257 Å². The highest BCUT2D eigenvalue weighted by Crippen LogP contribution is 2.48. The minimum atomic E-state index is -0.218. The molecule has 0 amide bonds. The minimum absolute atomic E-state index is 0.161. The third-order valence-corrected chi connectivity index (χ3v) is 19.9. The number of halogens is 1. The largest absolute Gasteiger partial charge is 0.496 e. The summed E-state index contributed by atoms with van der Waals surface area (Å²) in [5.41, 5.74) is 21.7. The van der Waals surface area contributed by atoms with E-state index in [0.717, 1.165) is 122 Å². The van der Waals surface area contributed by atoms with Gasteiger partial charge in [0.05, 0.1) is 28.4 Å². The Morgan fingerprint density at radius 2 is 0.478 bits per heavy atom. The summed E-state index contributed by atoms with van der Waals surface area (Å²) in [5.74, 6) is 5.24. The van der Waals surface area contributed by atoms with Gasteiger partial charge in [0.15, 0.2) is 0 Å². The van der Waals surface area contributed by atoms with E-state index in [1.165, 1.54) is 33.4 Å². The molecule has 0 saturated heterocycles. The zero-order chi connectivity index (χ0) is 66.2. The Hall–Kier alpha value is -5.83. The van der Waals surface area contributed by atoms with E-state index >= 15 is 0 Å². The molecule has 7 aromatic rings. The Labute approximate surface area is 555 Å². The lowest BCUT2D eigenvalue weighted by Gasteiger charge is -2.29. The lowest BCUT2D eigenvalue weighted by atomic mass is 9.79. The molecule has 8 heteroatoms. The summed E-state index contributed by atoms with van der Waals surface area (Å²) in [6.07, 6.45) is 3.41. The van der Waals surface area contributed by atoms with Crippen LogP contribution in [0.5, 0.6) is 34.5 Å². The van der Waals surface area contributed by atoms with Crippen molar-refractivity contribution in [3.05, 3.63) is 201 Å². The first-order valence-electron chi connectivity index (χ1n) is 32.6. The van der Waals surface area contributed by atoms with Crippen LogP contribution in [0.4, 0.5) is 0 Å². The monoisotopic (exact) mass is 1300 g/mol. The van der Waals surface area contributed by atoms with Crippen molar-refractivity contribution in [2.45, 2.75) is 239 Å². The number of rotatable bonds is 5. The predicted molar refractivity (Wildman–Crippen MR) is 382 cm³/mol. The topological polar surface area (TPSA) is 55.4 Å². The molecule has 0 fully saturated rings. The van der Waals surface area contributed by atoms with Gasteiger partial charge in [-0.15, -0.1) is 11.8 Å². The smallest absolute Gasteiger partial charge is 0.126 e. The molecule has 0 spiro atoms. The van der Waals surface area contributed by atoms with Crippen molar-refractivity contribution in [3.8, 4) is 34.5 Å². The summed E-state index contributed by atoms with van der Waals surface area (Å²) in [6.45, 7) is 49.3. The van der Waals surface area contributed by atoms with Gasteiger partial charge in [-0.1, -0.05) is 234 Å². The molecule has 2 aliphatic rings. The van der Waals surface area contributed by atoms with Gasteiger partial charge in [0.25, 0.3) is 0 Å². The van der Waals surface area contributed by atoms with Crippen LogP contribution in [0, 0.1) is 0 Å². The van der Waals surface area contributed by atoms with Crippen LogP contribution in [0.3, 0.4) is 0 Å². The van der Waals surface area contributed by atoms with E-state index in [-0.39, 0.29) is 37.2 Å². The Morgan fingerprint density at radius 1 is 0.289 bits per heavy atom. The van der Waals surface area contributed by atoms with Crippen LogP contribution >= 0.6 is 27.7 Å². The fraction of sp³-hybridized carbons (Fsp3) is 0.488. The number of ether oxygens (including phenoxy) is 6. The molecule has 0 atom stereocenters. The summed E-state index contributed by atoms with van der Waals surface area (Å²) in [5, 5.41) is 0. The first-order chi connectivity index (χ1) is 41.7. The molecule has 7 aromatic carbocycles. The van der Waals surface area contributed by atoms with Crippen LogP contribution in [-0.2, 0) is 84.2 Å². The molecule has 0 N–H and O–H groups in total. The van der Waals surface area contributed by atoms with E-state index in [2.05, 4.69) is 246 Å². The van der Waals surface area contributed by atoms with Crippen LogP contribution in [0.15, 0.2) is 94.3 Å². The van der Waals surface area contributed by atoms with E-state index in [1.54, 1.807) is 0 Å². The molecule has 0 saturated carbocycles. The normalized spacial score (nSPS) is 14.4. The molecular weight excluding hydrogens is 1190 g/mol. The third-order valence-electron chi connectivity index (χ3n) is 18.1. The highest BCUT2D eigenvalue weighted by atomic mass is 79.9. The maximum atomic E-state index is 7.75. The van der Waals surface area contributed by atoms with Crippen LogP contribution in [0.2, 0.25) is 0 Å². The van der Waals surface area contributed by atoms with Crippen molar-refractivity contribution in [1.82, 2.24) is 0 Å². The van der Waals surface area contributed by atoms with E-state index in [9.17, 15) is 0 Å². The molecule has 0 aliphatic carbocycles. The van der Waals surface area contributed by atoms with E-state index in [4.69, 9.17) is 28.4 Å². The van der Waals surface area contributed by atoms with Gasteiger partial charge >= 0.3 is 0 Å². The highest BCUT2D eigenvalue weighted by molar-refractivity contribution is 9.10. The Balaban J connectivity index is 1.54. The summed E-state index contributed by atoms with van der Waals surface area (Å²) in [4.78, 5) is 1.15. The molecule has 0 unspecified atom stereocenters. The fourth-order valence-electron chi connectivity index (χ4n) is 13.0. The van der Waals surface area contributed by atoms with Gasteiger partial charge in [0.1, 0.15) is 47.7 Å². The molecule has 482 valence electrons. The molecule has 6 nitrogen and oxygen atoms in total. The van der Waals surface area contributed by atoms with E-state index in [0.29, 0.717) is 51.7 Å². The SMILES string of the molecule is COc1c2cc(C(C)(C)C)cc1Cc1cc(C(C)(C)C)cc3c1OCc1cc(Br)cc(c1SC(C)(C)C)COc1c(cc(C(C)(C)C)cc1Cc1cc(C(C)(C)C)cc(c1OC)Cc1cc(C(C)(C)C)cc(c1OC)C3)Cc1cc(C(C)(C)C)cc(c1OC)C2. The molecule has 2 heterocycles. The lowest BCUT2D eigenvalue weighted by Crippen LogP contribution is -2.17. The molecule has 2 aliphatic heterocycles. The van der Waals surface area contributed by atoms with Gasteiger partial charge in [0.2, 0.25) is 0 Å². The number of hydrogen-bond donors (Lipinski definition) is 0. The second-order valence-electron chi connectivity index (χ2n) is 33.0. The van der Waals surface area contributed by atoms with Crippen molar-refractivity contribution >= 4 is 27.7 Å². The van der Waals surface area contributed by atoms with Crippen molar-refractivity contribution in [2.24, 2.45) is 0 Å². The summed E-state index contributed by atoms with van der Waals surface area (Å²) < 4.78 is 43.5. The second-order valence-corrected chi connectivity index (χ2v) is 35.7. The summed E-state index contributed by atoms with van der Waals surface area (Å²) in [6, 6.07) is 33.3. The zero-order valence-corrected chi connectivity index (χ0v) is 61.9. The first kappa shape index (κ1) is 68.5. The average molecular weight is 1300 g/mol. The quantitative estimate of drug-likeness (QED) is 0.159. The van der Waals surface area contributed by atoms with Gasteiger partial charge in [-0.2, -0.15) is 0 Å². The minimum Gasteiger partial charge on any atom is -0.496 e. The standard InChI is InChI=1S/C82H105BrO6S/c1-76(2,3)62-32-48-26-49-33-63(77(4,5)6)37-53(70(49)85-23)29-58-42-67(81(16,17)18)43-59-31-55-39-65(79(10,11)12)35-51(72(55)87-25)27-50-34-64(78(7,8)9)38-54(71(50)86-24)30-57-41-66(80(13,14)15)40-56(28-52(36-62)69(48)84-22)73(57)88-46-60-44-68(83)45-61(47-89-74(58)59)75(60)90-82(19,20)21/h32-45H,26-31,46-47H2,1-25H3. The number of benzene rings is 7. The fourth-order valence-corrected chi connectivity index (χ4v) is 14.7. The maximum absolute atomic E-state index is 7.75. The second kappa shape index (κ2) is 25.2. The van der Waals surface area contributed by atoms with Crippen LogP contribution < -0.4 is 28.4 Å². The van der Waals surface area contributed by atoms with Crippen molar-refractivity contribution in [2.75, 3.05) is 28.4 Å². The van der Waals surface area contributed by atoms with Crippen LogP contribution in [-0.4, -0.2) is 33.2 Å². The third kappa shape index (κ3) is 15.1. The van der Waals surface area contributed by atoms with E-state index < -0.39 is 0 Å². The van der Waals surface area contributed by atoms with E-state index in [1.807, 2.05) is 40.2 Å². The number of fused-ring (bicyclic) bond motifs is 10. The summed E-state index contributed by atoms with van der Waals surface area (Å²) >= 11 is 5.95. The van der Waals surface area contributed by atoms with Crippen molar-refractivity contribution in [1.29, 1.82) is 0 Å². The van der Waals surface area contributed by atoms with Gasteiger partial charge in [-0.3, -0.25) is 0 Å². The van der Waals surface area contributed by atoms with Gasteiger partial charge in [-0.05, 0) is 145 Å². The Morgan fingerprint density at radius 3 is 0.656 bits per heavy atom. The summed E-state index contributed by atoms with van der Waals surface area (Å²) in [7, 11) is 7.38. The average Bonchev–Trinajstić information content (AvgIpc) is 0.822. The first-order valence-corrected chi connectivity index (χ1v) is 34.2. The molecule has 0 radical (unpaired) electrons. The number of hydrogen-bond acceptors (Lipinski definition) is 7. The lowest BCUT2D eigenvalue weighted by molar-refractivity contribution is 0.288. The van der Waals surface area contributed by atoms with Crippen molar-refractivity contribution in [3.63, 3.8) is 0 Å². The molecule has 9 rings (SSSR count). The maximum Gasteiger partial charge on any atom is 0.126 e. The molecule has 0 aromatic heterocycles. The molecule has 90 heavy (non-hydrogen) atoms. The van der Waals surface area contributed by atoms with Gasteiger partial charge in [0, 0.05) is 63.8 Å². The Bertz CT molecular complexity index is 3420.